The summed E-state index contributed by atoms with van der Waals surface area (Å²) >= 11 is 6.06. The average Bonchev–Trinajstić information content (AvgIpc) is 2.35. The maximum Gasteiger partial charge on any atom is 0.129 e. The van der Waals surface area contributed by atoms with Gasteiger partial charge in [-0.2, -0.15) is 0 Å². The molecular formula is C13H17ClO2. The molecule has 0 atom stereocenters. The molecule has 1 aliphatic rings. The second-order valence-electron chi connectivity index (χ2n) is 5.54. The van der Waals surface area contributed by atoms with Gasteiger partial charge < -0.3 is 9.84 Å². The quantitative estimate of drug-likeness (QED) is 0.816. The fourth-order valence-electron chi connectivity index (χ4n) is 2.13. The first-order chi connectivity index (χ1) is 7.19. The van der Waals surface area contributed by atoms with Gasteiger partial charge in [0.05, 0.1) is 5.60 Å². The molecule has 0 amide bonds. The summed E-state index contributed by atoms with van der Waals surface area (Å²) in [5.74, 6) is 0.793. The number of ether oxygens (including phenoxy) is 1. The Morgan fingerprint density at radius 3 is 2.56 bits per heavy atom. The maximum absolute atomic E-state index is 10.1. The summed E-state index contributed by atoms with van der Waals surface area (Å²) in [6.45, 7) is 7.56. The summed E-state index contributed by atoms with van der Waals surface area (Å²) in [4.78, 5) is 0. The van der Waals surface area contributed by atoms with Crippen LogP contribution in [0.4, 0.5) is 0 Å². The minimum atomic E-state index is -0.935. The fourth-order valence-corrected chi connectivity index (χ4v) is 2.37. The average molecular weight is 241 g/mol. The highest BCUT2D eigenvalue weighted by molar-refractivity contribution is 6.30. The molecule has 0 aliphatic carbocycles. The third-order valence-electron chi connectivity index (χ3n) is 2.78. The Kier molecular flexibility index (Phi) is 2.48. The van der Waals surface area contributed by atoms with Crippen molar-refractivity contribution in [2.75, 3.05) is 0 Å². The van der Waals surface area contributed by atoms with Gasteiger partial charge in [-0.05, 0) is 45.4 Å². The van der Waals surface area contributed by atoms with Crippen LogP contribution in [0.5, 0.6) is 5.75 Å². The van der Waals surface area contributed by atoms with Crippen molar-refractivity contribution < 1.29 is 9.84 Å². The Morgan fingerprint density at radius 2 is 2.00 bits per heavy atom. The lowest BCUT2D eigenvalue weighted by Gasteiger charge is -2.23. The molecule has 0 saturated carbocycles. The lowest BCUT2D eigenvalue weighted by atomic mass is 9.94. The van der Waals surface area contributed by atoms with E-state index in [1.807, 2.05) is 19.9 Å². The zero-order valence-electron chi connectivity index (χ0n) is 10.1. The van der Waals surface area contributed by atoms with Gasteiger partial charge in [0.15, 0.2) is 0 Å². The highest BCUT2D eigenvalue weighted by Crippen LogP contribution is 2.43. The molecule has 1 aromatic rings. The molecule has 2 nitrogen and oxygen atoms in total. The van der Waals surface area contributed by atoms with E-state index in [-0.39, 0.29) is 5.60 Å². The largest absolute Gasteiger partial charge is 0.487 e. The summed E-state index contributed by atoms with van der Waals surface area (Å²) in [5, 5.41) is 10.8. The van der Waals surface area contributed by atoms with Crippen LogP contribution in [0.15, 0.2) is 12.1 Å². The van der Waals surface area contributed by atoms with E-state index in [2.05, 4.69) is 0 Å². The second kappa shape index (κ2) is 3.38. The van der Waals surface area contributed by atoms with Crippen molar-refractivity contribution >= 4 is 11.6 Å². The summed E-state index contributed by atoms with van der Waals surface area (Å²) in [6, 6.07) is 3.70. The van der Waals surface area contributed by atoms with Crippen LogP contribution < -0.4 is 4.74 Å². The van der Waals surface area contributed by atoms with Crippen molar-refractivity contribution in [1.82, 2.24) is 0 Å². The van der Waals surface area contributed by atoms with E-state index in [1.165, 1.54) is 0 Å². The predicted octanol–water partition coefficient (Wildman–Crippen LogP) is 3.28. The van der Waals surface area contributed by atoms with Gasteiger partial charge in [-0.15, -0.1) is 0 Å². The summed E-state index contributed by atoms with van der Waals surface area (Å²) in [5.41, 5.74) is 0.692. The molecule has 2 rings (SSSR count). The minimum absolute atomic E-state index is 0.215. The summed E-state index contributed by atoms with van der Waals surface area (Å²) in [6.07, 6.45) is 0.825. The molecule has 0 unspecified atom stereocenters. The van der Waals surface area contributed by atoms with Crippen molar-refractivity contribution in [2.24, 2.45) is 0 Å². The normalized spacial score (nSPS) is 18.1. The zero-order chi connectivity index (χ0) is 12.1. The van der Waals surface area contributed by atoms with Gasteiger partial charge in [0, 0.05) is 17.0 Å². The Morgan fingerprint density at radius 1 is 1.38 bits per heavy atom. The number of rotatable bonds is 1. The molecule has 3 heteroatoms. The van der Waals surface area contributed by atoms with Crippen molar-refractivity contribution in [3.8, 4) is 5.75 Å². The lowest BCUT2D eigenvalue weighted by molar-refractivity contribution is 0.0689. The number of aliphatic hydroxyl groups is 1. The first-order valence-electron chi connectivity index (χ1n) is 5.43. The van der Waals surface area contributed by atoms with Gasteiger partial charge in [-0.1, -0.05) is 11.6 Å². The van der Waals surface area contributed by atoms with Crippen LogP contribution in [0.25, 0.3) is 0 Å². The van der Waals surface area contributed by atoms with Gasteiger partial charge in [-0.25, -0.2) is 0 Å². The highest BCUT2D eigenvalue weighted by Gasteiger charge is 2.35. The number of benzene rings is 1. The SMILES string of the molecule is CC1(C)Cc2cc(Cl)cc(C(C)(C)O)c2O1. The molecule has 1 aromatic carbocycles. The molecule has 1 heterocycles. The molecule has 1 N–H and O–H groups in total. The van der Waals surface area contributed by atoms with Gasteiger partial charge in [-0.3, -0.25) is 0 Å². The Labute approximate surface area is 101 Å². The van der Waals surface area contributed by atoms with E-state index in [0.29, 0.717) is 5.02 Å². The molecule has 88 valence electrons. The molecule has 0 radical (unpaired) electrons. The number of hydrogen-bond donors (Lipinski definition) is 1. The van der Waals surface area contributed by atoms with Crippen LogP contribution in [0, 0.1) is 0 Å². The zero-order valence-corrected chi connectivity index (χ0v) is 10.9. The third kappa shape index (κ3) is 2.04. The molecule has 0 aromatic heterocycles. The third-order valence-corrected chi connectivity index (χ3v) is 3.00. The van der Waals surface area contributed by atoms with Crippen molar-refractivity contribution in [3.05, 3.63) is 28.3 Å². The molecule has 0 bridgehead atoms. The topological polar surface area (TPSA) is 29.5 Å². The monoisotopic (exact) mass is 240 g/mol. The standard InChI is InChI=1S/C13H17ClO2/c1-12(2)7-8-5-9(14)6-10(11(8)16-12)13(3,4)15/h5-6,15H,7H2,1-4H3. The van der Waals surface area contributed by atoms with Gasteiger partial charge in [0.1, 0.15) is 11.4 Å². The van der Waals surface area contributed by atoms with Crippen molar-refractivity contribution in [3.63, 3.8) is 0 Å². The van der Waals surface area contributed by atoms with E-state index < -0.39 is 5.60 Å². The van der Waals surface area contributed by atoms with Crippen LogP contribution in [0.2, 0.25) is 5.02 Å². The number of halogens is 1. The minimum Gasteiger partial charge on any atom is -0.487 e. The van der Waals surface area contributed by atoms with E-state index in [0.717, 1.165) is 23.3 Å². The molecule has 0 saturated heterocycles. The van der Waals surface area contributed by atoms with Crippen molar-refractivity contribution in [2.45, 2.75) is 45.3 Å². The number of fused-ring (bicyclic) bond motifs is 1. The molecular weight excluding hydrogens is 224 g/mol. The van der Waals surface area contributed by atoms with Gasteiger partial charge >= 0.3 is 0 Å². The maximum atomic E-state index is 10.1. The Balaban J connectivity index is 2.58. The number of hydrogen-bond acceptors (Lipinski definition) is 2. The van der Waals surface area contributed by atoms with Crippen LogP contribution in [0.1, 0.15) is 38.8 Å². The Hall–Kier alpha value is -0.730. The second-order valence-corrected chi connectivity index (χ2v) is 5.98. The molecule has 1 aliphatic heterocycles. The van der Waals surface area contributed by atoms with Gasteiger partial charge in [0.2, 0.25) is 0 Å². The highest BCUT2D eigenvalue weighted by atomic mass is 35.5. The van der Waals surface area contributed by atoms with E-state index in [1.54, 1.807) is 19.9 Å². The van der Waals surface area contributed by atoms with Crippen LogP contribution in [0.3, 0.4) is 0 Å². The predicted molar refractivity (Wildman–Crippen MR) is 65.1 cm³/mol. The summed E-state index contributed by atoms with van der Waals surface area (Å²) in [7, 11) is 0. The van der Waals surface area contributed by atoms with Crippen LogP contribution in [-0.4, -0.2) is 10.7 Å². The smallest absolute Gasteiger partial charge is 0.129 e. The molecule has 0 spiro atoms. The fraction of sp³-hybridized carbons (Fsp3) is 0.538. The summed E-state index contributed by atoms with van der Waals surface area (Å²) < 4.78 is 5.89. The van der Waals surface area contributed by atoms with E-state index >= 15 is 0 Å². The molecule has 16 heavy (non-hydrogen) atoms. The lowest BCUT2D eigenvalue weighted by Crippen LogP contribution is -2.25. The first kappa shape index (κ1) is 11.7. The van der Waals surface area contributed by atoms with Crippen LogP contribution in [-0.2, 0) is 12.0 Å². The first-order valence-corrected chi connectivity index (χ1v) is 5.81. The molecule has 0 fully saturated rings. The van der Waals surface area contributed by atoms with Gasteiger partial charge in [0.25, 0.3) is 0 Å². The van der Waals surface area contributed by atoms with E-state index in [4.69, 9.17) is 16.3 Å². The van der Waals surface area contributed by atoms with Crippen LogP contribution >= 0.6 is 11.6 Å². The Bertz CT molecular complexity index is 430. The van der Waals surface area contributed by atoms with Crippen molar-refractivity contribution in [1.29, 1.82) is 0 Å². The van der Waals surface area contributed by atoms with E-state index in [9.17, 15) is 5.11 Å².